The Labute approximate surface area is 242 Å². The van der Waals surface area contributed by atoms with Gasteiger partial charge in [0, 0.05) is 19.6 Å². The van der Waals surface area contributed by atoms with Gasteiger partial charge in [-0.1, -0.05) is 49.8 Å². The molecule has 1 heterocycles. The molecule has 2 aromatic carbocycles. The number of fused-ring (bicyclic) bond motifs is 1. The van der Waals surface area contributed by atoms with Crippen molar-refractivity contribution in [1.29, 1.82) is 0 Å². The first-order valence-electron chi connectivity index (χ1n) is 15.0. The Kier molecular flexibility index (Phi) is 9.02. The number of rotatable bonds is 11. The van der Waals surface area contributed by atoms with Crippen molar-refractivity contribution in [1.82, 2.24) is 15.0 Å². The first kappa shape index (κ1) is 29.2. The summed E-state index contributed by atoms with van der Waals surface area (Å²) in [6.07, 6.45) is 6.14. The standard InChI is InChI=1S/C32H41N3O5Si/c1-41(2,3)19-18-39-32(38)29-24(20-35-31(37)26-10-6-7-11-28(26)33-34-35)14-17-27(29)30(36)23-12-15-25(16-13-23)40-21-22-8-4-5-9-22/h6-7,10-13,15-16,22,24,27,29H,4-5,8-9,14,17-21H2,1-3H3/t24-,27-,29-/m0/s1. The molecule has 0 radical (unpaired) electrons. The highest BCUT2D eigenvalue weighted by Gasteiger charge is 2.46. The molecule has 2 aliphatic carbocycles. The van der Waals surface area contributed by atoms with E-state index >= 15 is 0 Å². The van der Waals surface area contributed by atoms with E-state index in [0.717, 1.165) is 11.8 Å². The second-order valence-electron chi connectivity index (χ2n) is 12.9. The number of carbonyl (C=O) groups is 2. The van der Waals surface area contributed by atoms with Gasteiger partial charge in [0.15, 0.2) is 5.78 Å². The molecule has 2 aliphatic rings. The number of carbonyl (C=O) groups excluding carboxylic acids is 2. The molecule has 0 aliphatic heterocycles. The first-order valence-corrected chi connectivity index (χ1v) is 18.7. The molecule has 218 valence electrons. The number of ketones is 1. The highest BCUT2D eigenvalue weighted by Crippen LogP contribution is 2.41. The summed E-state index contributed by atoms with van der Waals surface area (Å²) in [7, 11) is -1.41. The summed E-state index contributed by atoms with van der Waals surface area (Å²) in [6.45, 7) is 7.97. The van der Waals surface area contributed by atoms with Gasteiger partial charge in [-0.05, 0) is 80.0 Å². The minimum absolute atomic E-state index is 0.0704. The lowest BCUT2D eigenvalue weighted by Gasteiger charge is -2.24. The first-order chi connectivity index (χ1) is 19.7. The van der Waals surface area contributed by atoms with Crippen molar-refractivity contribution in [2.45, 2.75) is 70.8 Å². The van der Waals surface area contributed by atoms with Crippen LogP contribution < -0.4 is 10.3 Å². The topological polar surface area (TPSA) is 100 Å². The monoisotopic (exact) mass is 575 g/mol. The number of nitrogens with zero attached hydrogens (tertiary/aromatic N) is 3. The molecule has 3 aromatic rings. The number of esters is 1. The van der Waals surface area contributed by atoms with Gasteiger partial charge in [-0.25, -0.2) is 4.68 Å². The Bertz CT molecular complexity index is 1430. The maximum atomic E-state index is 13.8. The zero-order chi connectivity index (χ0) is 29.0. The quantitative estimate of drug-likeness (QED) is 0.163. The Balaban J connectivity index is 1.33. The molecule has 2 fully saturated rings. The van der Waals surface area contributed by atoms with E-state index in [-0.39, 0.29) is 29.8 Å². The van der Waals surface area contributed by atoms with Gasteiger partial charge in [0.05, 0.1) is 31.1 Å². The van der Waals surface area contributed by atoms with Crippen LogP contribution in [0.4, 0.5) is 0 Å². The van der Waals surface area contributed by atoms with E-state index in [9.17, 15) is 14.4 Å². The number of ether oxygens (including phenoxy) is 2. The van der Waals surface area contributed by atoms with E-state index < -0.39 is 19.9 Å². The van der Waals surface area contributed by atoms with Crippen LogP contribution in [0.1, 0.15) is 48.9 Å². The molecule has 0 spiro atoms. The number of benzene rings is 2. The molecule has 41 heavy (non-hydrogen) atoms. The fourth-order valence-electron chi connectivity index (χ4n) is 6.18. The van der Waals surface area contributed by atoms with Gasteiger partial charge in [0.25, 0.3) is 5.56 Å². The van der Waals surface area contributed by atoms with Gasteiger partial charge < -0.3 is 9.47 Å². The number of Topliss-reactive ketones (excluding diaryl/α,β-unsaturated/α-hetero) is 1. The van der Waals surface area contributed by atoms with Crippen LogP contribution in [0.25, 0.3) is 10.9 Å². The molecule has 0 amide bonds. The molecule has 0 unspecified atom stereocenters. The highest BCUT2D eigenvalue weighted by molar-refractivity contribution is 6.76. The summed E-state index contributed by atoms with van der Waals surface area (Å²) >= 11 is 0. The predicted molar refractivity (Wildman–Crippen MR) is 161 cm³/mol. The van der Waals surface area contributed by atoms with Crippen LogP contribution in [0.5, 0.6) is 5.75 Å². The zero-order valence-corrected chi connectivity index (χ0v) is 25.4. The van der Waals surface area contributed by atoms with E-state index in [2.05, 4.69) is 30.0 Å². The molecule has 3 atom stereocenters. The Hall–Kier alpha value is -3.33. The maximum absolute atomic E-state index is 13.8. The van der Waals surface area contributed by atoms with Crippen LogP contribution in [-0.2, 0) is 16.1 Å². The summed E-state index contributed by atoms with van der Waals surface area (Å²) in [4.78, 5) is 40.5. The van der Waals surface area contributed by atoms with Gasteiger partial charge in [-0.3, -0.25) is 14.4 Å². The van der Waals surface area contributed by atoms with Crippen LogP contribution >= 0.6 is 0 Å². The normalized spacial score (nSPS) is 21.3. The predicted octanol–water partition coefficient (Wildman–Crippen LogP) is 5.77. The van der Waals surface area contributed by atoms with Crippen molar-refractivity contribution in [2.75, 3.05) is 13.2 Å². The maximum Gasteiger partial charge on any atom is 0.310 e. The van der Waals surface area contributed by atoms with Gasteiger partial charge in [0.2, 0.25) is 0 Å². The number of hydrogen-bond donors (Lipinski definition) is 0. The van der Waals surface area contributed by atoms with Crippen LogP contribution in [0.3, 0.4) is 0 Å². The third-order valence-corrected chi connectivity index (χ3v) is 10.3. The van der Waals surface area contributed by atoms with E-state index in [1.807, 2.05) is 18.2 Å². The SMILES string of the molecule is C[Si](C)(C)CCOC(=O)[C@H]1[C@H](Cn2nnc3ccccc3c2=O)CC[C@@H]1C(=O)c1ccc(OCC2CCCC2)cc1. The third kappa shape index (κ3) is 7.12. The van der Waals surface area contributed by atoms with Gasteiger partial charge >= 0.3 is 5.97 Å². The molecule has 2 saturated carbocycles. The molecule has 9 heteroatoms. The lowest BCUT2D eigenvalue weighted by Crippen LogP contribution is -2.36. The molecular formula is C32H41N3O5Si. The summed E-state index contributed by atoms with van der Waals surface area (Å²) in [5, 5.41) is 8.84. The van der Waals surface area contributed by atoms with Crippen LogP contribution in [-0.4, -0.2) is 48.0 Å². The smallest absolute Gasteiger partial charge is 0.310 e. The summed E-state index contributed by atoms with van der Waals surface area (Å²) < 4.78 is 13.1. The van der Waals surface area contributed by atoms with Crippen LogP contribution in [0.2, 0.25) is 25.7 Å². The van der Waals surface area contributed by atoms with Crippen LogP contribution in [0.15, 0.2) is 53.3 Å². The van der Waals surface area contributed by atoms with Crippen LogP contribution in [0, 0.1) is 23.7 Å². The second kappa shape index (κ2) is 12.7. The minimum Gasteiger partial charge on any atom is -0.493 e. The Morgan fingerprint density at radius 3 is 2.44 bits per heavy atom. The molecular weight excluding hydrogens is 534 g/mol. The number of aromatic nitrogens is 3. The fraction of sp³-hybridized carbons (Fsp3) is 0.531. The summed E-state index contributed by atoms with van der Waals surface area (Å²) in [6, 6.07) is 15.2. The lowest BCUT2D eigenvalue weighted by atomic mass is 9.84. The van der Waals surface area contributed by atoms with Gasteiger partial charge in [0.1, 0.15) is 11.3 Å². The van der Waals surface area contributed by atoms with Crippen molar-refractivity contribution < 1.29 is 19.1 Å². The molecule has 8 nitrogen and oxygen atoms in total. The largest absolute Gasteiger partial charge is 0.493 e. The highest BCUT2D eigenvalue weighted by atomic mass is 28.3. The van der Waals surface area contributed by atoms with Crippen molar-refractivity contribution in [3.05, 3.63) is 64.4 Å². The number of hydrogen-bond acceptors (Lipinski definition) is 7. The van der Waals surface area contributed by atoms with Gasteiger partial charge in [-0.2, -0.15) is 0 Å². The average molecular weight is 576 g/mol. The van der Waals surface area contributed by atoms with Gasteiger partial charge in [-0.15, -0.1) is 5.10 Å². The molecule has 0 bridgehead atoms. The lowest BCUT2D eigenvalue weighted by molar-refractivity contribution is -0.150. The molecule has 0 saturated heterocycles. The summed E-state index contributed by atoms with van der Waals surface area (Å²) in [5.41, 5.74) is 0.849. The molecule has 5 rings (SSSR count). The average Bonchev–Trinajstić information content (AvgIpc) is 3.63. The molecule has 0 N–H and O–H groups in total. The fourth-order valence-corrected chi connectivity index (χ4v) is 6.89. The minimum atomic E-state index is -1.41. The Morgan fingerprint density at radius 1 is 0.976 bits per heavy atom. The van der Waals surface area contributed by atoms with E-state index in [4.69, 9.17) is 9.47 Å². The molecule has 1 aromatic heterocycles. The van der Waals surface area contributed by atoms with Crippen molar-refractivity contribution in [3.8, 4) is 5.75 Å². The van der Waals surface area contributed by atoms with E-state index in [1.165, 1.54) is 30.4 Å². The third-order valence-electron chi connectivity index (χ3n) is 8.63. The second-order valence-corrected chi connectivity index (χ2v) is 18.5. The summed E-state index contributed by atoms with van der Waals surface area (Å²) in [5.74, 6) is -0.489. The van der Waals surface area contributed by atoms with Crippen molar-refractivity contribution in [3.63, 3.8) is 0 Å². The van der Waals surface area contributed by atoms with E-state index in [1.54, 1.807) is 30.3 Å². The van der Waals surface area contributed by atoms with Crippen molar-refractivity contribution >= 4 is 30.7 Å². The zero-order valence-electron chi connectivity index (χ0n) is 24.4. The van der Waals surface area contributed by atoms with E-state index in [0.29, 0.717) is 48.4 Å². The Morgan fingerprint density at radius 2 is 1.71 bits per heavy atom. The van der Waals surface area contributed by atoms with Crippen molar-refractivity contribution in [2.24, 2.45) is 23.7 Å².